The number of fused-ring (bicyclic) bond motifs is 1. The summed E-state index contributed by atoms with van der Waals surface area (Å²) in [6.45, 7) is 0.779. The van der Waals surface area contributed by atoms with E-state index >= 15 is 0 Å². The Morgan fingerprint density at radius 3 is 2.44 bits per heavy atom. The number of alkyl halides is 4. The number of hydrogen-bond donors (Lipinski definition) is 1. The van der Waals surface area contributed by atoms with Gasteiger partial charge in [0.25, 0.3) is 0 Å². The van der Waals surface area contributed by atoms with Crippen molar-refractivity contribution in [3.8, 4) is 11.4 Å². The first-order valence-electron chi connectivity index (χ1n) is 9.85. The van der Waals surface area contributed by atoms with Crippen LogP contribution in [0.15, 0.2) is 60.9 Å². The highest BCUT2D eigenvalue weighted by atomic mass is 35.5. The van der Waals surface area contributed by atoms with Crippen LogP contribution >= 0.6 is 11.6 Å². The molecule has 0 bridgehead atoms. The molecule has 10 heteroatoms. The van der Waals surface area contributed by atoms with Gasteiger partial charge in [0.1, 0.15) is 18.7 Å². The van der Waals surface area contributed by atoms with Gasteiger partial charge in [-0.05, 0) is 36.2 Å². The number of ether oxygens (including phenoxy) is 1. The minimum absolute atomic E-state index is 0.0222. The Kier molecular flexibility index (Phi) is 6.45. The monoisotopic (exact) mass is 461 g/mol. The van der Waals surface area contributed by atoms with Crippen LogP contribution in [0.5, 0.6) is 5.75 Å². The van der Waals surface area contributed by atoms with Crippen molar-refractivity contribution in [2.24, 2.45) is 0 Å². The van der Waals surface area contributed by atoms with Crippen LogP contribution in [-0.2, 0) is 12.8 Å². The summed E-state index contributed by atoms with van der Waals surface area (Å²) in [6, 6.07) is 16.7. The lowest BCUT2D eigenvalue weighted by molar-refractivity contribution is -0.144. The van der Waals surface area contributed by atoms with Gasteiger partial charge in [-0.2, -0.15) is 13.2 Å². The molecule has 0 aliphatic rings. The molecule has 4 aromatic rings. The third-order valence-corrected chi connectivity index (χ3v) is 4.88. The minimum atomic E-state index is -4.69. The van der Waals surface area contributed by atoms with E-state index in [-0.39, 0.29) is 17.0 Å². The first kappa shape index (κ1) is 21.9. The molecule has 0 unspecified atom stereocenters. The Morgan fingerprint density at radius 2 is 1.75 bits per heavy atom. The summed E-state index contributed by atoms with van der Waals surface area (Å²) in [6.07, 6.45) is -2.70. The molecule has 2 heterocycles. The third-order valence-electron chi connectivity index (χ3n) is 4.62. The van der Waals surface area contributed by atoms with E-state index in [0.717, 1.165) is 5.56 Å². The van der Waals surface area contributed by atoms with Crippen LogP contribution < -0.4 is 10.1 Å². The first-order valence-corrected chi connectivity index (χ1v) is 10.4. The zero-order chi connectivity index (χ0) is 22.6. The van der Waals surface area contributed by atoms with Crippen LogP contribution in [-0.4, -0.2) is 31.9 Å². The van der Waals surface area contributed by atoms with Gasteiger partial charge in [0, 0.05) is 18.1 Å². The molecule has 4 rings (SSSR count). The third kappa shape index (κ3) is 4.94. The minimum Gasteiger partial charge on any atom is -0.489 e. The second-order valence-electron chi connectivity index (χ2n) is 6.92. The number of nitrogens with zero attached hydrogens (tertiary/aromatic N) is 4. The van der Waals surface area contributed by atoms with E-state index in [1.54, 1.807) is 24.3 Å². The maximum Gasteiger partial charge on any atom is 0.451 e. The quantitative estimate of drug-likeness (QED) is 0.279. The van der Waals surface area contributed by atoms with Crippen LogP contribution in [0.2, 0.25) is 0 Å². The second kappa shape index (κ2) is 9.44. The molecule has 2 aromatic carbocycles. The van der Waals surface area contributed by atoms with E-state index < -0.39 is 12.0 Å². The van der Waals surface area contributed by atoms with Crippen molar-refractivity contribution in [1.82, 2.24) is 19.5 Å². The predicted octanol–water partition coefficient (Wildman–Crippen LogP) is 5.45. The van der Waals surface area contributed by atoms with Gasteiger partial charge >= 0.3 is 6.18 Å². The molecule has 166 valence electrons. The van der Waals surface area contributed by atoms with Crippen molar-refractivity contribution in [2.75, 3.05) is 17.7 Å². The molecule has 0 aliphatic heterocycles. The highest BCUT2D eigenvalue weighted by Gasteiger charge is 2.36. The highest BCUT2D eigenvalue weighted by Crippen LogP contribution is 2.31. The van der Waals surface area contributed by atoms with Gasteiger partial charge in [-0.3, -0.25) is 4.57 Å². The van der Waals surface area contributed by atoms with E-state index in [0.29, 0.717) is 36.9 Å². The fraction of sp³-hybridized carbons (Fsp3) is 0.227. The van der Waals surface area contributed by atoms with Gasteiger partial charge in [-0.25, -0.2) is 15.0 Å². The maximum atomic E-state index is 13.4. The Bertz CT molecular complexity index is 1180. The number of nitrogens with one attached hydrogen (secondary N) is 1. The summed E-state index contributed by atoms with van der Waals surface area (Å²) in [5.41, 5.74) is 1.93. The Labute approximate surface area is 187 Å². The zero-order valence-corrected chi connectivity index (χ0v) is 17.6. The van der Waals surface area contributed by atoms with E-state index in [1.807, 2.05) is 30.3 Å². The lowest BCUT2D eigenvalue weighted by Gasteiger charge is -2.11. The van der Waals surface area contributed by atoms with Gasteiger partial charge in [0.15, 0.2) is 17.0 Å². The van der Waals surface area contributed by atoms with Gasteiger partial charge < -0.3 is 10.1 Å². The summed E-state index contributed by atoms with van der Waals surface area (Å²) in [5.74, 6) is -0.200. The first-order chi connectivity index (χ1) is 15.5. The lowest BCUT2D eigenvalue weighted by atomic mass is 10.2. The average molecular weight is 462 g/mol. The Balaban J connectivity index is 1.62. The van der Waals surface area contributed by atoms with Crippen molar-refractivity contribution in [3.05, 3.63) is 72.3 Å². The average Bonchev–Trinajstić information content (AvgIpc) is 3.23. The number of halogens is 4. The molecule has 32 heavy (non-hydrogen) atoms. The molecular weight excluding hydrogens is 443 g/mol. The summed E-state index contributed by atoms with van der Waals surface area (Å²) < 4.78 is 47.4. The van der Waals surface area contributed by atoms with Crippen molar-refractivity contribution in [2.45, 2.75) is 19.2 Å². The van der Waals surface area contributed by atoms with E-state index in [4.69, 9.17) is 16.3 Å². The fourth-order valence-electron chi connectivity index (χ4n) is 3.06. The van der Waals surface area contributed by atoms with E-state index in [1.165, 1.54) is 10.9 Å². The normalized spacial score (nSPS) is 11.6. The lowest BCUT2D eigenvalue weighted by Crippen LogP contribution is -2.15. The van der Waals surface area contributed by atoms with Gasteiger partial charge in [-0.1, -0.05) is 30.3 Å². The topological polar surface area (TPSA) is 64.9 Å². The van der Waals surface area contributed by atoms with Crippen LogP contribution in [0.25, 0.3) is 16.9 Å². The van der Waals surface area contributed by atoms with Gasteiger partial charge in [0.05, 0.1) is 0 Å². The maximum absolute atomic E-state index is 13.4. The SMILES string of the molecule is FC(F)(F)c1nc(NCCCCl)c2ncn(-c3ccc(OCc4ccccc4)cc3)c2n1. The summed E-state index contributed by atoms with van der Waals surface area (Å²) in [7, 11) is 0. The number of anilines is 1. The van der Waals surface area contributed by atoms with Crippen LogP contribution in [0.3, 0.4) is 0 Å². The summed E-state index contributed by atoms with van der Waals surface area (Å²) in [5, 5.41) is 2.88. The van der Waals surface area contributed by atoms with Crippen LogP contribution in [0, 0.1) is 0 Å². The standard InChI is InChI=1S/C22H19ClF3N5O/c23-11-4-12-27-19-18-20(30-21(29-19)22(24,25)26)31(14-28-18)16-7-9-17(10-8-16)32-13-15-5-2-1-3-6-15/h1-3,5-10,14H,4,11-13H2,(H,27,29,30). The number of rotatable bonds is 8. The van der Waals surface area contributed by atoms with Crippen molar-refractivity contribution < 1.29 is 17.9 Å². The zero-order valence-electron chi connectivity index (χ0n) is 16.8. The number of aromatic nitrogens is 4. The van der Waals surface area contributed by atoms with E-state index in [9.17, 15) is 13.2 Å². The molecular formula is C22H19ClF3N5O. The molecule has 0 fully saturated rings. The molecule has 0 amide bonds. The van der Waals surface area contributed by atoms with Gasteiger partial charge in [-0.15, -0.1) is 11.6 Å². The molecule has 0 saturated carbocycles. The van der Waals surface area contributed by atoms with Crippen LogP contribution in [0.1, 0.15) is 17.8 Å². The number of imidazole rings is 1. The Morgan fingerprint density at radius 1 is 1.00 bits per heavy atom. The largest absolute Gasteiger partial charge is 0.489 e. The van der Waals surface area contributed by atoms with Crippen molar-refractivity contribution in [3.63, 3.8) is 0 Å². The van der Waals surface area contributed by atoms with Crippen LogP contribution in [0.4, 0.5) is 19.0 Å². The highest BCUT2D eigenvalue weighted by molar-refractivity contribution is 6.17. The molecule has 0 aliphatic carbocycles. The van der Waals surface area contributed by atoms with E-state index in [2.05, 4.69) is 20.3 Å². The molecule has 0 radical (unpaired) electrons. The molecule has 6 nitrogen and oxygen atoms in total. The Hall–Kier alpha value is -3.33. The molecule has 0 saturated heterocycles. The summed E-state index contributed by atoms with van der Waals surface area (Å²) >= 11 is 5.66. The molecule has 0 atom stereocenters. The van der Waals surface area contributed by atoms with Crippen molar-refractivity contribution in [1.29, 1.82) is 0 Å². The number of hydrogen-bond acceptors (Lipinski definition) is 5. The molecule has 0 spiro atoms. The summed E-state index contributed by atoms with van der Waals surface area (Å²) in [4.78, 5) is 11.6. The second-order valence-corrected chi connectivity index (χ2v) is 7.30. The predicted molar refractivity (Wildman–Crippen MR) is 116 cm³/mol. The van der Waals surface area contributed by atoms with Crippen molar-refractivity contribution >= 4 is 28.6 Å². The smallest absolute Gasteiger partial charge is 0.451 e. The number of benzene rings is 2. The fourth-order valence-corrected chi connectivity index (χ4v) is 3.19. The van der Waals surface area contributed by atoms with Gasteiger partial charge in [0.2, 0.25) is 5.82 Å². The molecule has 2 aromatic heterocycles. The molecule has 1 N–H and O–H groups in total.